The lowest BCUT2D eigenvalue weighted by Crippen LogP contribution is -2.43. The summed E-state index contributed by atoms with van der Waals surface area (Å²) >= 11 is 0. The monoisotopic (exact) mass is 414 g/mol. The van der Waals surface area contributed by atoms with E-state index in [4.69, 9.17) is 4.74 Å². The summed E-state index contributed by atoms with van der Waals surface area (Å²) in [6.45, 7) is 1.63. The number of hydrogen-bond donors (Lipinski definition) is 1. The molecule has 3 rings (SSSR count). The molecule has 1 aliphatic heterocycles. The Hall–Kier alpha value is -2.64. The van der Waals surface area contributed by atoms with Crippen molar-refractivity contribution < 1.29 is 17.9 Å². The van der Waals surface area contributed by atoms with E-state index >= 15 is 0 Å². The Morgan fingerprint density at radius 2 is 1.66 bits per heavy atom. The van der Waals surface area contributed by atoms with Gasteiger partial charge in [-0.2, -0.15) is 0 Å². The number of ether oxygens (including phenoxy) is 1. The molecule has 7 heteroatoms. The molecule has 1 amide bonds. The first-order chi connectivity index (χ1) is 14.0. The molecule has 0 aliphatic carbocycles. The second-order valence-corrected chi connectivity index (χ2v) is 8.68. The van der Waals surface area contributed by atoms with Crippen molar-refractivity contribution in [1.29, 1.82) is 0 Å². The average molecular weight is 415 g/mol. The van der Waals surface area contributed by atoms with Crippen LogP contribution in [0, 0.1) is 5.92 Å². The lowest BCUT2D eigenvalue weighted by Gasteiger charge is -2.31. The Morgan fingerprint density at radius 3 is 2.31 bits per heavy atom. The maximum Gasteiger partial charge on any atom is 0.260 e. The van der Waals surface area contributed by atoms with E-state index in [1.165, 1.54) is 5.41 Å². The molecule has 0 spiro atoms. The van der Waals surface area contributed by atoms with E-state index in [2.05, 4.69) is 4.72 Å². The molecule has 0 radical (unpaired) electrons. The molecular weight excluding hydrogens is 388 g/mol. The van der Waals surface area contributed by atoms with Gasteiger partial charge in [0.15, 0.2) is 6.61 Å². The zero-order chi connectivity index (χ0) is 20.5. The van der Waals surface area contributed by atoms with E-state index in [0.29, 0.717) is 25.4 Å². The van der Waals surface area contributed by atoms with Crippen LogP contribution in [-0.4, -0.2) is 45.5 Å². The number of carbonyl (C=O) groups excluding carboxylic acids is 1. The molecule has 0 saturated carbocycles. The molecule has 2 aromatic rings. The SMILES string of the molecule is O=C(COc1ccccc1)N1CCC(CNS(=O)(=O)C=Cc2ccccc2)CC1. The lowest BCUT2D eigenvalue weighted by molar-refractivity contribution is -0.134. The van der Waals surface area contributed by atoms with Crippen molar-refractivity contribution in [1.82, 2.24) is 9.62 Å². The molecular formula is C22H26N2O4S. The number of para-hydroxylation sites is 1. The number of hydrogen-bond acceptors (Lipinski definition) is 4. The van der Waals surface area contributed by atoms with Crippen LogP contribution in [0.15, 0.2) is 66.1 Å². The van der Waals surface area contributed by atoms with Gasteiger partial charge in [0.2, 0.25) is 10.0 Å². The van der Waals surface area contributed by atoms with E-state index < -0.39 is 10.0 Å². The topological polar surface area (TPSA) is 75.7 Å². The minimum atomic E-state index is -3.48. The van der Waals surface area contributed by atoms with E-state index in [1.54, 1.807) is 11.0 Å². The summed E-state index contributed by atoms with van der Waals surface area (Å²) < 4.78 is 32.5. The smallest absolute Gasteiger partial charge is 0.260 e. The highest BCUT2D eigenvalue weighted by atomic mass is 32.2. The number of likely N-dealkylation sites (tertiary alicyclic amines) is 1. The quantitative estimate of drug-likeness (QED) is 0.721. The molecule has 29 heavy (non-hydrogen) atoms. The van der Waals surface area contributed by atoms with E-state index in [0.717, 1.165) is 18.4 Å². The normalized spacial score (nSPS) is 15.5. The van der Waals surface area contributed by atoms with E-state index in [9.17, 15) is 13.2 Å². The van der Waals surface area contributed by atoms with Crippen molar-refractivity contribution in [3.05, 3.63) is 71.6 Å². The van der Waals surface area contributed by atoms with E-state index in [-0.39, 0.29) is 18.4 Å². The first-order valence-corrected chi connectivity index (χ1v) is 11.2. The number of nitrogens with zero attached hydrogens (tertiary/aromatic N) is 1. The van der Waals surface area contributed by atoms with Crippen molar-refractivity contribution in [3.63, 3.8) is 0 Å². The fourth-order valence-electron chi connectivity index (χ4n) is 3.15. The number of amides is 1. The summed E-state index contributed by atoms with van der Waals surface area (Å²) in [6.07, 6.45) is 3.11. The summed E-state index contributed by atoms with van der Waals surface area (Å²) in [5.41, 5.74) is 0.836. The summed E-state index contributed by atoms with van der Waals surface area (Å²) in [5.74, 6) is 0.848. The Balaban J connectivity index is 1.39. The molecule has 154 valence electrons. The van der Waals surface area contributed by atoms with Crippen molar-refractivity contribution >= 4 is 22.0 Å². The number of benzene rings is 2. The molecule has 1 aliphatic rings. The van der Waals surface area contributed by atoms with Crippen LogP contribution in [-0.2, 0) is 14.8 Å². The maximum absolute atomic E-state index is 12.3. The Kier molecular flexibility index (Phi) is 7.43. The predicted molar refractivity (Wildman–Crippen MR) is 114 cm³/mol. The van der Waals surface area contributed by atoms with Crippen molar-refractivity contribution in [2.75, 3.05) is 26.2 Å². The van der Waals surface area contributed by atoms with Gasteiger partial charge in [-0.1, -0.05) is 48.5 Å². The number of carbonyl (C=O) groups is 1. The first kappa shape index (κ1) is 21.1. The number of piperidine rings is 1. The van der Waals surface area contributed by atoms with Crippen LogP contribution < -0.4 is 9.46 Å². The van der Waals surface area contributed by atoms with Crippen LogP contribution in [0.1, 0.15) is 18.4 Å². The maximum atomic E-state index is 12.3. The van der Waals surface area contributed by atoms with Gasteiger partial charge < -0.3 is 9.64 Å². The molecule has 1 saturated heterocycles. The second-order valence-electron chi connectivity index (χ2n) is 7.03. The fraction of sp³-hybridized carbons (Fsp3) is 0.318. The third-order valence-electron chi connectivity index (χ3n) is 4.89. The molecule has 1 fully saturated rings. The number of sulfonamides is 1. The predicted octanol–water partition coefficient (Wildman–Crippen LogP) is 2.89. The molecule has 0 atom stereocenters. The summed E-state index contributed by atoms with van der Waals surface area (Å²) in [4.78, 5) is 14.1. The third-order valence-corrected chi connectivity index (χ3v) is 5.95. The molecule has 1 heterocycles. The van der Waals surface area contributed by atoms with Crippen molar-refractivity contribution in [2.24, 2.45) is 5.92 Å². The standard InChI is InChI=1S/C22H26N2O4S/c25-22(18-28-21-9-5-2-6-10-21)24-14-11-20(12-15-24)17-23-29(26,27)16-13-19-7-3-1-4-8-19/h1-10,13,16,20,23H,11-12,14-15,17-18H2. The highest BCUT2D eigenvalue weighted by Crippen LogP contribution is 2.17. The number of rotatable bonds is 8. The molecule has 1 N–H and O–H groups in total. The zero-order valence-electron chi connectivity index (χ0n) is 16.2. The van der Waals surface area contributed by atoms with Crippen molar-refractivity contribution in [3.8, 4) is 5.75 Å². The lowest BCUT2D eigenvalue weighted by atomic mass is 9.97. The summed E-state index contributed by atoms with van der Waals surface area (Å²) in [6, 6.07) is 18.6. The molecule has 0 unspecified atom stereocenters. The minimum absolute atomic E-state index is 0.0194. The number of nitrogens with one attached hydrogen (secondary N) is 1. The van der Waals surface area contributed by atoms with Crippen LogP contribution in [0.25, 0.3) is 6.08 Å². The molecule has 0 aromatic heterocycles. The largest absolute Gasteiger partial charge is 0.484 e. The molecule has 2 aromatic carbocycles. The summed E-state index contributed by atoms with van der Waals surface area (Å²) in [7, 11) is -3.48. The van der Waals surface area contributed by atoms with Gasteiger partial charge in [-0.25, -0.2) is 13.1 Å². The van der Waals surface area contributed by atoms with Crippen LogP contribution in [0.2, 0.25) is 0 Å². The molecule has 0 bridgehead atoms. The Morgan fingerprint density at radius 1 is 1.03 bits per heavy atom. The van der Waals surface area contributed by atoms with Crippen LogP contribution in [0.3, 0.4) is 0 Å². The van der Waals surface area contributed by atoms with Gasteiger partial charge in [0.05, 0.1) is 0 Å². The zero-order valence-corrected chi connectivity index (χ0v) is 17.1. The van der Waals surface area contributed by atoms with Crippen molar-refractivity contribution in [2.45, 2.75) is 12.8 Å². The van der Waals surface area contributed by atoms with Gasteiger partial charge in [0.1, 0.15) is 5.75 Å². The van der Waals surface area contributed by atoms with Gasteiger partial charge in [0.25, 0.3) is 5.91 Å². The second kappa shape index (κ2) is 10.2. The van der Waals surface area contributed by atoms with Gasteiger partial charge in [0, 0.05) is 25.0 Å². The minimum Gasteiger partial charge on any atom is -0.484 e. The third kappa shape index (κ3) is 7.03. The van der Waals surface area contributed by atoms with Gasteiger partial charge >= 0.3 is 0 Å². The first-order valence-electron chi connectivity index (χ1n) is 9.70. The van der Waals surface area contributed by atoms with Crippen LogP contribution >= 0.6 is 0 Å². The van der Waals surface area contributed by atoms with E-state index in [1.807, 2.05) is 60.7 Å². The van der Waals surface area contributed by atoms with Gasteiger partial charge in [-0.05, 0) is 42.5 Å². The highest BCUT2D eigenvalue weighted by Gasteiger charge is 2.23. The fourth-order valence-corrected chi connectivity index (χ4v) is 4.05. The average Bonchev–Trinajstić information content (AvgIpc) is 2.77. The Labute approximate surface area is 172 Å². The van der Waals surface area contributed by atoms with Crippen LogP contribution in [0.5, 0.6) is 5.75 Å². The molecule has 6 nitrogen and oxygen atoms in total. The van der Waals surface area contributed by atoms with Gasteiger partial charge in [-0.3, -0.25) is 4.79 Å². The highest BCUT2D eigenvalue weighted by molar-refractivity contribution is 7.92. The van der Waals surface area contributed by atoms with Crippen LogP contribution in [0.4, 0.5) is 0 Å². The van der Waals surface area contributed by atoms with Gasteiger partial charge in [-0.15, -0.1) is 0 Å². The summed E-state index contributed by atoms with van der Waals surface area (Å²) in [5, 5.41) is 1.20. The Bertz CT molecular complexity index is 906.